The number of hydrogen-bond donors (Lipinski definition) is 1. The first-order valence-corrected chi connectivity index (χ1v) is 7.28. The highest BCUT2D eigenvalue weighted by molar-refractivity contribution is 5.49. The SMILES string of the molecule is Cc1ncn(-c2nc3ccccn3c2CNC(C)C)c1C. The summed E-state index contributed by atoms with van der Waals surface area (Å²) < 4.78 is 4.21. The van der Waals surface area contributed by atoms with Gasteiger partial charge < -0.3 is 9.72 Å². The lowest BCUT2D eigenvalue weighted by atomic mass is 10.3. The predicted molar refractivity (Wildman–Crippen MR) is 83.8 cm³/mol. The summed E-state index contributed by atoms with van der Waals surface area (Å²) in [5.74, 6) is 0.951. The van der Waals surface area contributed by atoms with Crippen molar-refractivity contribution in [2.45, 2.75) is 40.3 Å². The molecule has 5 nitrogen and oxygen atoms in total. The van der Waals surface area contributed by atoms with Crippen molar-refractivity contribution in [3.63, 3.8) is 0 Å². The average molecular weight is 283 g/mol. The maximum atomic E-state index is 4.78. The van der Waals surface area contributed by atoms with Gasteiger partial charge in [-0.25, -0.2) is 9.97 Å². The van der Waals surface area contributed by atoms with Gasteiger partial charge in [0, 0.05) is 24.5 Å². The number of rotatable bonds is 4. The molecule has 1 N–H and O–H groups in total. The van der Waals surface area contributed by atoms with Gasteiger partial charge in [0.05, 0.1) is 11.4 Å². The van der Waals surface area contributed by atoms with E-state index >= 15 is 0 Å². The van der Waals surface area contributed by atoms with Gasteiger partial charge in [-0.2, -0.15) is 0 Å². The van der Waals surface area contributed by atoms with Crippen molar-refractivity contribution < 1.29 is 0 Å². The molecule has 0 saturated carbocycles. The molecular weight excluding hydrogens is 262 g/mol. The van der Waals surface area contributed by atoms with Crippen molar-refractivity contribution in [3.8, 4) is 5.82 Å². The van der Waals surface area contributed by atoms with Crippen LogP contribution in [0.3, 0.4) is 0 Å². The summed E-state index contributed by atoms with van der Waals surface area (Å²) in [5.41, 5.74) is 4.28. The Morgan fingerprint density at radius 1 is 1.24 bits per heavy atom. The van der Waals surface area contributed by atoms with Gasteiger partial charge in [-0.05, 0) is 26.0 Å². The Hall–Kier alpha value is -2.14. The van der Waals surface area contributed by atoms with E-state index in [0.717, 1.165) is 35.1 Å². The third-order valence-electron chi connectivity index (χ3n) is 3.77. The predicted octanol–water partition coefficient (Wildman–Crippen LogP) is 2.63. The second kappa shape index (κ2) is 5.33. The number of imidazole rings is 2. The average Bonchev–Trinajstić information content (AvgIpc) is 2.98. The smallest absolute Gasteiger partial charge is 0.162 e. The van der Waals surface area contributed by atoms with Crippen molar-refractivity contribution in [2.24, 2.45) is 0 Å². The first-order chi connectivity index (χ1) is 10.1. The van der Waals surface area contributed by atoms with Crippen LogP contribution >= 0.6 is 0 Å². The van der Waals surface area contributed by atoms with E-state index in [1.807, 2.05) is 31.5 Å². The zero-order valence-electron chi connectivity index (χ0n) is 13.0. The van der Waals surface area contributed by atoms with E-state index in [2.05, 4.69) is 46.2 Å². The molecule has 3 rings (SSSR count). The van der Waals surface area contributed by atoms with Crippen molar-refractivity contribution in [3.05, 3.63) is 47.8 Å². The number of aryl methyl sites for hydroxylation is 1. The largest absolute Gasteiger partial charge is 0.309 e. The third-order valence-corrected chi connectivity index (χ3v) is 3.77. The fourth-order valence-electron chi connectivity index (χ4n) is 2.40. The number of nitrogens with zero attached hydrogens (tertiary/aromatic N) is 4. The fraction of sp³-hybridized carbons (Fsp3) is 0.375. The lowest BCUT2D eigenvalue weighted by Crippen LogP contribution is -2.23. The Bertz CT molecular complexity index is 766. The Kier molecular flexibility index (Phi) is 3.51. The van der Waals surface area contributed by atoms with E-state index in [1.165, 1.54) is 0 Å². The molecule has 0 spiro atoms. The van der Waals surface area contributed by atoms with Crippen LogP contribution in [-0.4, -0.2) is 25.0 Å². The van der Waals surface area contributed by atoms with Crippen LogP contribution in [0.1, 0.15) is 30.9 Å². The van der Waals surface area contributed by atoms with Gasteiger partial charge in [0.2, 0.25) is 0 Å². The molecule has 3 aromatic rings. The molecule has 110 valence electrons. The summed E-state index contributed by atoms with van der Waals surface area (Å²) in [6.45, 7) is 9.17. The molecule has 0 bridgehead atoms. The zero-order valence-corrected chi connectivity index (χ0v) is 13.0. The molecule has 0 saturated heterocycles. The van der Waals surface area contributed by atoms with E-state index in [1.54, 1.807) is 0 Å². The van der Waals surface area contributed by atoms with Crippen molar-refractivity contribution in [2.75, 3.05) is 0 Å². The molecule has 0 amide bonds. The minimum absolute atomic E-state index is 0.428. The van der Waals surface area contributed by atoms with Crippen LogP contribution in [0.15, 0.2) is 30.7 Å². The van der Waals surface area contributed by atoms with Crippen molar-refractivity contribution in [1.29, 1.82) is 0 Å². The first-order valence-electron chi connectivity index (χ1n) is 7.28. The van der Waals surface area contributed by atoms with E-state index in [0.29, 0.717) is 6.04 Å². The number of fused-ring (bicyclic) bond motifs is 1. The molecule has 0 aromatic carbocycles. The van der Waals surface area contributed by atoms with Crippen LogP contribution in [0.25, 0.3) is 11.5 Å². The topological polar surface area (TPSA) is 47.2 Å². The van der Waals surface area contributed by atoms with Gasteiger partial charge in [-0.1, -0.05) is 19.9 Å². The summed E-state index contributed by atoms with van der Waals surface area (Å²) in [6, 6.07) is 6.50. The lowest BCUT2D eigenvalue weighted by molar-refractivity contribution is 0.577. The molecule has 0 fully saturated rings. The Labute approximate surface area is 124 Å². The summed E-state index contributed by atoms with van der Waals surface area (Å²) in [7, 11) is 0. The summed E-state index contributed by atoms with van der Waals surface area (Å²) >= 11 is 0. The van der Waals surface area contributed by atoms with E-state index in [9.17, 15) is 0 Å². The second-order valence-corrected chi connectivity index (χ2v) is 5.63. The molecule has 0 unspecified atom stereocenters. The van der Waals surface area contributed by atoms with Gasteiger partial charge in [0.25, 0.3) is 0 Å². The summed E-state index contributed by atoms with van der Waals surface area (Å²) in [4.78, 5) is 9.17. The van der Waals surface area contributed by atoms with Crippen LogP contribution in [0.2, 0.25) is 0 Å². The third kappa shape index (κ3) is 2.45. The van der Waals surface area contributed by atoms with Gasteiger partial charge in [0.15, 0.2) is 5.82 Å². The molecule has 21 heavy (non-hydrogen) atoms. The van der Waals surface area contributed by atoms with Crippen LogP contribution < -0.4 is 5.32 Å². The summed E-state index contributed by atoms with van der Waals surface area (Å²) in [6.07, 6.45) is 3.91. The molecule has 3 heterocycles. The number of pyridine rings is 1. The Balaban J connectivity index is 2.16. The minimum atomic E-state index is 0.428. The Morgan fingerprint density at radius 3 is 2.71 bits per heavy atom. The normalized spacial score (nSPS) is 11.7. The van der Waals surface area contributed by atoms with Crippen LogP contribution in [-0.2, 0) is 6.54 Å². The van der Waals surface area contributed by atoms with Gasteiger partial charge >= 0.3 is 0 Å². The van der Waals surface area contributed by atoms with Crippen LogP contribution in [0.5, 0.6) is 0 Å². The van der Waals surface area contributed by atoms with Crippen molar-refractivity contribution >= 4 is 5.65 Å². The standard InChI is InChI=1S/C16H21N5/c1-11(2)17-9-14-16(21-10-18-12(3)13(21)4)19-15-7-5-6-8-20(14)15/h5-8,10-11,17H,9H2,1-4H3. The van der Waals surface area contributed by atoms with E-state index in [4.69, 9.17) is 4.98 Å². The van der Waals surface area contributed by atoms with Gasteiger partial charge in [-0.15, -0.1) is 0 Å². The quantitative estimate of drug-likeness (QED) is 0.800. The maximum absolute atomic E-state index is 4.78. The molecule has 0 aliphatic rings. The molecule has 0 aliphatic heterocycles. The molecule has 0 aliphatic carbocycles. The highest BCUT2D eigenvalue weighted by atomic mass is 15.2. The molecule has 0 atom stereocenters. The van der Waals surface area contributed by atoms with Crippen molar-refractivity contribution in [1.82, 2.24) is 24.3 Å². The molecule has 3 aromatic heterocycles. The summed E-state index contributed by atoms with van der Waals surface area (Å²) in [5, 5.41) is 3.48. The first kappa shape index (κ1) is 13.8. The van der Waals surface area contributed by atoms with E-state index in [-0.39, 0.29) is 0 Å². The molecular formula is C16H21N5. The molecule has 5 heteroatoms. The number of aromatic nitrogens is 4. The number of nitrogens with one attached hydrogen (secondary N) is 1. The highest BCUT2D eigenvalue weighted by Crippen LogP contribution is 2.19. The van der Waals surface area contributed by atoms with Crippen LogP contribution in [0.4, 0.5) is 0 Å². The Morgan fingerprint density at radius 2 is 2.05 bits per heavy atom. The minimum Gasteiger partial charge on any atom is -0.309 e. The maximum Gasteiger partial charge on any atom is 0.162 e. The highest BCUT2D eigenvalue weighted by Gasteiger charge is 2.16. The van der Waals surface area contributed by atoms with Crippen LogP contribution in [0, 0.1) is 13.8 Å². The van der Waals surface area contributed by atoms with E-state index < -0.39 is 0 Å². The molecule has 0 radical (unpaired) electrons. The number of hydrogen-bond acceptors (Lipinski definition) is 3. The van der Waals surface area contributed by atoms with Gasteiger partial charge in [-0.3, -0.25) is 4.57 Å². The van der Waals surface area contributed by atoms with Gasteiger partial charge in [0.1, 0.15) is 12.0 Å². The second-order valence-electron chi connectivity index (χ2n) is 5.63. The monoisotopic (exact) mass is 283 g/mol. The fourth-order valence-corrected chi connectivity index (χ4v) is 2.40. The zero-order chi connectivity index (χ0) is 15.0. The lowest BCUT2D eigenvalue weighted by Gasteiger charge is -2.10.